The average molecular weight is 485 g/mol. The van der Waals surface area contributed by atoms with Gasteiger partial charge in [-0.25, -0.2) is 9.97 Å². The van der Waals surface area contributed by atoms with Gasteiger partial charge in [0.25, 0.3) is 5.91 Å². The molecule has 182 valence electrons. The molecule has 5 rings (SSSR count). The number of halogens is 3. The molecule has 1 fully saturated rings. The van der Waals surface area contributed by atoms with Crippen molar-refractivity contribution in [3.05, 3.63) is 64.5 Å². The summed E-state index contributed by atoms with van der Waals surface area (Å²) in [6.45, 7) is 2.81. The highest BCUT2D eigenvalue weighted by molar-refractivity contribution is 5.97. The van der Waals surface area contributed by atoms with E-state index >= 15 is 0 Å². The summed E-state index contributed by atoms with van der Waals surface area (Å²) in [6, 6.07) is 5.69. The summed E-state index contributed by atoms with van der Waals surface area (Å²) >= 11 is 0. The van der Waals surface area contributed by atoms with Crippen LogP contribution in [0.3, 0.4) is 0 Å². The second-order valence-electron chi connectivity index (χ2n) is 8.63. The minimum absolute atomic E-state index is 0.168. The van der Waals surface area contributed by atoms with Gasteiger partial charge in [0.05, 0.1) is 36.5 Å². The number of nitrogen functional groups attached to an aromatic ring is 1. The molecule has 3 aromatic rings. The first-order valence-electron chi connectivity index (χ1n) is 11.0. The van der Waals surface area contributed by atoms with E-state index in [0.717, 1.165) is 28.6 Å². The van der Waals surface area contributed by atoms with Gasteiger partial charge in [0.15, 0.2) is 0 Å². The van der Waals surface area contributed by atoms with Gasteiger partial charge in [0.1, 0.15) is 11.5 Å². The highest BCUT2D eigenvalue weighted by Crippen LogP contribution is 2.34. The van der Waals surface area contributed by atoms with E-state index in [1.165, 1.54) is 25.3 Å². The molecule has 0 unspecified atom stereocenters. The summed E-state index contributed by atoms with van der Waals surface area (Å²) in [5.41, 5.74) is 8.11. The molecular weight excluding hydrogens is 463 g/mol. The molecule has 1 aromatic carbocycles. The van der Waals surface area contributed by atoms with Crippen LogP contribution in [0.4, 0.5) is 19.0 Å². The fourth-order valence-electron chi connectivity index (χ4n) is 4.63. The van der Waals surface area contributed by atoms with E-state index in [2.05, 4.69) is 9.97 Å². The number of aromatic nitrogens is 2. The Balaban J connectivity index is 1.51. The monoisotopic (exact) mass is 485 g/mol. The molecule has 0 radical (unpaired) electrons. The largest absolute Gasteiger partial charge is 0.416 e. The Labute approximate surface area is 198 Å². The van der Waals surface area contributed by atoms with Crippen molar-refractivity contribution in [2.45, 2.75) is 32.4 Å². The van der Waals surface area contributed by atoms with Gasteiger partial charge in [-0.3, -0.25) is 9.59 Å². The number of benzene rings is 1. The number of anilines is 1. The average Bonchev–Trinajstić information content (AvgIpc) is 3.34. The minimum Gasteiger partial charge on any atom is -0.383 e. The number of carbonyl (C=O) groups excluding carboxylic acids is 2. The van der Waals surface area contributed by atoms with Crippen molar-refractivity contribution in [2.24, 2.45) is 0 Å². The number of pyridine rings is 2. The number of nitrogens with two attached hydrogens (primary N) is 1. The number of rotatable bonds is 2. The van der Waals surface area contributed by atoms with Crippen molar-refractivity contribution < 1.29 is 27.5 Å². The molecular formula is C24H22F3N5O3. The first kappa shape index (κ1) is 23.0. The van der Waals surface area contributed by atoms with Crippen LogP contribution in [0.5, 0.6) is 0 Å². The van der Waals surface area contributed by atoms with Crippen LogP contribution in [0.1, 0.15) is 45.7 Å². The summed E-state index contributed by atoms with van der Waals surface area (Å²) in [7, 11) is 0. The lowest BCUT2D eigenvalue weighted by molar-refractivity contribution is -0.137. The van der Waals surface area contributed by atoms with Gasteiger partial charge in [-0.1, -0.05) is 12.1 Å². The molecule has 1 saturated heterocycles. The quantitative estimate of drug-likeness (QED) is 0.598. The third kappa shape index (κ3) is 4.16. The normalized spacial score (nSPS) is 18.1. The number of hydrogen-bond donors (Lipinski definition) is 1. The lowest BCUT2D eigenvalue weighted by atomic mass is 9.99. The molecule has 35 heavy (non-hydrogen) atoms. The molecule has 2 N–H and O–H groups in total. The van der Waals surface area contributed by atoms with Crippen LogP contribution < -0.4 is 5.73 Å². The molecule has 2 aromatic heterocycles. The molecule has 0 spiro atoms. The molecule has 0 bridgehead atoms. The fraction of sp³-hybridized carbons (Fsp3) is 0.333. The Morgan fingerprint density at radius 3 is 2.51 bits per heavy atom. The van der Waals surface area contributed by atoms with Gasteiger partial charge >= 0.3 is 6.18 Å². The maximum absolute atomic E-state index is 13.6. The van der Waals surface area contributed by atoms with E-state index in [4.69, 9.17) is 10.5 Å². The molecule has 4 heterocycles. The van der Waals surface area contributed by atoms with Crippen molar-refractivity contribution in [1.82, 2.24) is 19.8 Å². The third-order valence-electron chi connectivity index (χ3n) is 6.54. The van der Waals surface area contributed by atoms with Crippen molar-refractivity contribution in [2.75, 3.05) is 25.4 Å². The topological polar surface area (TPSA) is 102 Å². The third-order valence-corrected chi connectivity index (χ3v) is 6.54. The number of piperazine rings is 1. The number of nitrogens with zero attached hydrogens (tertiary/aromatic N) is 4. The first-order valence-corrected chi connectivity index (χ1v) is 11.0. The lowest BCUT2D eigenvalue weighted by Gasteiger charge is -2.41. The minimum atomic E-state index is -4.47. The molecule has 8 nitrogen and oxygen atoms in total. The van der Waals surface area contributed by atoms with Gasteiger partial charge in [-0.2, -0.15) is 13.2 Å². The summed E-state index contributed by atoms with van der Waals surface area (Å²) in [5.74, 6) is -0.185. The molecule has 1 atom stereocenters. The maximum Gasteiger partial charge on any atom is 0.416 e. The number of hydrogen-bond acceptors (Lipinski definition) is 6. The Bertz CT molecular complexity index is 1330. The summed E-state index contributed by atoms with van der Waals surface area (Å²) in [5, 5.41) is 0.721. The Morgan fingerprint density at radius 2 is 1.83 bits per heavy atom. The number of alkyl halides is 3. The van der Waals surface area contributed by atoms with Crippen LogP contribution in [0.25, 0.3) is 10.9 Å². The van der Waals surface area contributed by atoms with Gasteiger partial charge in [0.2, 0.25) is 5.91 Å². The zero-order valence-corrected chi connectivity index (χ0v) is 18.8. The van der Waals surface area contributed by atoms with Gasteiger partial charge < -0.3 is 20.3 Å². The standard InChI is InChI=1S/C24H22F3N5O3/c1-13(33)31-6-7-32(21(10-31)14-2-4-15(5-3-14)24(25,26)27)23(34)19-8-16-17-11-35-12-18(17)22(28)30-20(16)9-29-19/h2-5,8-9,21H,6-7,10-12H2,1H3,(H2,28,30)/t21-/m1/s1. The second kappa shape index (κ2) is 8.49. The fourth-order valence-corrected chi connectivity index (χ4v) is 4.63. The number of fused-ring (bicyclic) bond motifs is 3. The maximum atomic E-state index is 13.6. The summed E-state index contributed by atoms with van der Waals surface area (Å²) in [6.07, 6.45) is -2.99. The van der Waals surface area contributed by atoms with Crippen molar-refractivity contribution in [3.8, 4) is 0 Å². The Morgan fingerprint density at radius 1 is 1.11 bits per heavy atom. The molecule has 11 heteroatoms. The smallest absolute Gasteiger partial charge is 0.383 e. The molecule has 0 saturated carbocycles. The van der Waals surface area contributed by atoms with Gasteiger partial charge in [-0.15, -0.1) is 0 Å². The molecule has 2 amide bonds. The highest BCUT2D eigenvalue weighted by atomic mass is 19.4. The van der Waals surface area contributed by atoms with Gasteiger partial charge in [-0.05, 0) is 29.3 Å². The van der Waals surface area contributed by atoms with Crippen LogP contribution in [0, 0.1) is 0 Å². The zero-order valence-electron chi connectivity index (χ0n) is 18.8. The van der Waals surface area contributed by atoms with E-state index in [0.29, 0.717) is 36.7 Å². The Kier molecular flexibility index (Phi) is 5.59. The van der Waals surface area contributed by atoms with Crippen LogP contribution >= 0.6 is 0 Å². The summed E-state index contributed by atoms with van der Waals surface area (Å²) < 4.78 is 44.7. The Hall–Kier alpha value is -3.73. The highest BCUT2D eigenvalue weighted by Gasteiger charge is 2.35. The first-order chi connectivity index (χ1) is 16.6. The van der Waals surface area contributed by atoms with E-state index in [1.54, 1.807) is 15.9 Å². The molecule has 2 aliphatic rings. The predicted molar refractivity (Wildman–Crippen MR) is 120 cm³/mol. The van der Waals surface area contributed by atoms with Crippen LogP contribution in [0.2, 0.25) is 0 Å². The molecule has 0 aliphatic carbocycles. The van der Waals surface area contributed by atoms with Crippen molar-refractivity contribution in [1.29, 1.82) is 0 Å². The summed E-state index contributed by atoms with van der Waals surface area (Å²) in [4.78, 5) is 37.4. The predicted octanol–water partition coefficient (Wildman–Crippen LogP) is 3.31. The number of ether oxygens (including phenoxy) is 1. The van der Waals surface area contributed by atoms with Crippen molar-refractivity contribution in [3.63, 3.8) is 0 Å². The lowest BCUT2D eigenvalue weighted by Crippen LogP contribution is -2.52. The number of carbonyl (C=O) groups is 2. The van der Waals surface area contributed by atoms with E-state index in [-0.39, 0.29) is 30.6 Å². The zero-order chi connectivity index (χ0) is 24.9. The van der Waals surface area contributed by atoms with Gasteiger partial charge in [0, 0.05) is 37.5 Å². The van der Waals surface area contributed by atoms with Crippen LogP contribution in [-0.2, 0) is 28.9 Å². The van der Waals surface area contributed by atoms with Crippen LogP contribution in [-0.4, -0.2) is 51.2 Å². The van der Waals surface area contributed by atoms with Crippen LogP contribution in [0.15, 0.2) is 36.5 Å². The van der Waals surface area contributed by atoms with E-state index in [9.17, 15) is 22.8 Å². The SMILES string of the molecule is CC(=O)N1CCN(C(=O)c2cc3c4c(c(N)nc3cn2)COC4)[C@@H](c2ccc(C(F)(F)F)cc2)C1. The second-order valence-corrected chi connectivity index (χ2v) is 8.63. The molecule has 2 aliphatic heterocycles. The van der Waals surface area contributed by atoms with Crippen molar-refractivity contribution >= 4 is 28.5 Å². The van der Waals surface area contributed by atoms with E-state index in [1.807, 2.05) is 0 Å². The number of amides is 2. The van der Waals surface area contributed by atoms with E-state index < -0.39 is 17.8 Å².